The fraction of sp³-hybridized carbons (Fsp3) is 1.00. The highest BCUT2D eigenvalue weighted by Crippen LogP contribution is 2.24. The minimum absolute atomic E-state index is 0.0583. The normalized spacial score (nSPS) is 29.4. The zero-order chi connectivity index (χ0) is 11.5. The van der Waals surface area contributed by atoms with Crippen LogP contribution in [-0.4, -0.2) is 48.0 Å². The lowest BCUT2D eigenvalue weighted by Gasteiger charge is -2.39. The minimum Gasteiger partial charge on any atom is -0.396 e. The van der Waals surface area contributed by atoms with Crippen molar-refractivity contribution in [3.63, 3.8) is 0 Å². The quantitative estimate of drug-likeness (QED) is 0.734. The third-order valence-electron chi connectivity index (χ3n) is 3.31. The Balaban J connectivity index is 2.49. The summed E-state index contributed by atoms with van der Waals surface area (Å²) in [7, 11) is 0. The van der Waals surface area contributed by atoms with Crippen LogP contribution in [0.5, 0.6) is 0 Å². The summed E-state index contributed by atoms with van der Waals surface area (Å²) in [6.07, 6.45) is 1.30. The lowest BCUT2D eigenvalue weighted by atomic mass is 9.87. The fourth-order valence-electron chi connectivity index (χ4n) is 2.61. The van der Waals surface area contributed by atoms with Crippen molar-refractivity contribution >= 4 is 0 Å². The van der Waals surface area contributed by atoms with Crippen LogP contribution in [0.15, 0.2) is 0 Å². The SMILES string of the molecule is CC1CC(C)CN(CC(C)(CO)CO)C1. The molecule has 1 heterocycles. The molecule has 1 fully saturated rings. The van der Waals surface area contributed by atoms with E-state index < -0.39 is 0 Å². The Bertz CT molecular complexity index is 182. The maximum absolute atomic E-state index is 9.26. The number of piperidine rings is 1. The van der Waals surface area contributed by atoms with Crippen LogP contribution in [0.3, 0.4) is 0 Å². The van der Waals surface area contributed by atoms with Gasteiger partial charge in [-0.25, -0.2) is 0 Å². The molecular weight excluding hydrogens is 190 g/mol. The van der Waals surface area contributed by atoms with Crippen LogP contribution < -0.4 is 0 Å². The molecule has 3 nitrogen and oxygen atoms in total. The van der Waals surface area contributed by atoms with Gasteiger partial charge in [-0.1, -0.05) is 20.8 Å². The molecule has 90 valence electrons. The van der Waals surface area contributed by atoms with Crippen molar-refractivity contribution in [2.24, 2.45) is 17.3 Å². The minimum atomic E-state index is -0.350. The number of aliphatic hydroxyl groups excluding tert-OH is 2. The van der Waals surface area contributed by atoms with Gasteiger partial charge in [0, 0.05) is 25.0 Å². The van der Waals surface area contributed by atoms with Crippen molar-refractivity contribution in [1.82, 2.24) is 4.90 Å². The van der Waals surface area contributed by atoms with E-state index in [1.807, 2.05) is 6.92 Å². The van der Waals surface area contributed by atoms with Crippen LogP contribution in [0.1, 0.15) is 27.2 Å². The maximum atomic E-state index is 9.26. The average molecular weight is 215 g/mol. The maximum Gasteiger partial charge on any atom is 0.0519 e. The van der Waals surface area contributed by atoms with Crippen LogP contribution in [0, 0.1) is 17.3 Å². The number of rotatable bonds is 4. The second kappa shape index (κ2) is 5.28. The van der Waals surface area contributed by atoms with Gasteiger partial charge in [0.1, 0.15) is 0 Å². The van der Waals surface area contributed by atoms with E-state index in [0.29, 0.717) is 0 Å². The molecule has 15 heavy (non-hydrogen) atoms. The average Bonchev–Trinajstić information content (AvgIpc) is 2.16. The molecule has 1 aliphatic heterocycles. The first kappa shape index (κ1) is 12.9. The Hall–Kier alpha value is -0.120. The largest absolute Gasteiger partial charge is 0.396 e. The number of hydrogen-bond acceptors (Lipinski definition) is 3. The van der Waals surface area contributed by atoms with E-state index in [1.165, 1.54) is 6.42 Å². The van der Waals surface area contributed by atoms with Gasteiger partial charge in [0.15, 0.2) is 0 Å². The van der Waals surface area contributed by atoms with E-state index in [-0.39, 0.29) is 18.6 Å². The zero-order valence-electron chi connectivity index (χ0n) is 10.2. The first-order valence-corrected chi connectivity index (χ1v) is 5.93. The predicted molar refractivity (Wildman–Crippen MR) is 61.7 cm³/mol. The van der Waals surface area contributed by atoms with Crippen LogP contribution in [0.25, 0.3) is 0 Å². The molecule has 1 saturated heterocycles. The van der Waals surface area contributed by atoms with E-state index >= 15 is 0 Å². The second-order valence-electron chi connectivity index (χ2n) is 5.77. The van der Waals surface area contributed by atoms with Gasteiger partial charge < -0.3 is 15.1 Å². The summed E-state index contributed by atoms with van der Waals surface area (Å²) in [6.45, 7) is 9.60. The summed E-state index contributed by atoms with van der Waals surface area (Å²) < 4.78 is 0. The second-order valence-corrected chi connectivity index (χ2v) is 5.77. The molecule has 2 N–H and O–H groups in total. The molecule has 0 amide bonds. The van der Waals surface area contributed by atoms with Gasteiger partial charge in [-0.15, -0.1) is 0 Å². The van der Waals surface area contributed by atoms with E-state index in [2.05, 4.69) is 18.7 Å². The molecule has 3 heteroatoms. The summed E-state index contributed by atoms with van der Waals surface area (Å²) >= 11 is 0. The number of nitrogens with zero attached hydrogens (tertiary/aromatic N) is 1. The molecular formula is C12H25NO2. The lowest BCUT2D eigenvalue weighted by molar-refractivity contribution is 0.0154. The first-order valence-electron chi connectivity index (χ1n) is 5.93. The van der Waals surface area contributed by atoms with Crippen molar-refractivity contribution in [1.29, 1.82) is 0 Å². The predicted octanol–water partition coefficient (Wildman–Crippen LogP) is 0.955. The Kier molecular flexibility index (Phi) is 4.56. The van der Waals surface area contributed by atoms with Crippen molar-refractivity contribution in [3.05, 3.63) is 0 Å². The Morgan fingerprint density at radius 3 is 2.00 bits per heavy atom. The molecule has 0 bridgehead atoms. The van der Waals surface area contributed by atoms with Crippen LogP contribution in [-0.2, 0) is 0 Å². The first-order chi connectivity index (χ1) is 6.99. The van der Waals surface area contributed by atoms with Crippen molar-refractivity contribution in [2.75, 3.05) is 32.8 Å². The standard InChI is InChI=1S/C12H25NO2/c1-10-4-11(2)6-13(5-10)7-12(3,8-14)9-15/h10-11,14-15H,4-9H2,1-3H3. The molecule has 2 unspecified atom stereocenters. The Labute approximate surface area is 93.1 Å². The summed E-state index contributed by atoms with van der Waals surface area (Å²) in [6, 6.07) is 0. The highest BCUT2D eigenvalue weighted by Gasteiger charge is 2.29. The molecule has 0 saturated carbocycles. The smallest absolute Gasteiger partial charge is 0.0519 e. The molecule has 0 aliphatic carbocycles. The molecule has 0 aromatic heterocycles. The summed E-state index contributed by atoms with van der Waals surface area (Å²) in [5.41, 5.74) is -0.350. The Morgan fingerprint density at radius 2 is 1.60 bits per heavy atom. The van der Waals surface area contributed by atoms with Gasteiger partial charge in [-0.3, -0.25) is 0 Å². The summed E-state index contributed by atoms with van der Waals surface area (Å²) in [5, 5.41) is 18.5. The van der Waals surface area contributed by atoms with Crippen molar-refractivity contribution in [3.8, 4) is 0 Å². The van der Waals surface area contributed by atoms with Gasteiger partial charge in [0.05, 0.1) is 13.2 Å². The third-order valence-corrected chi connectivity index (χ3v) is 3.31. The van der Waals surface area contributed by atoms with Crippen LogP contribution in [0.2, 0.25) is 0 Å². The summed E-state index contributed by atoms with van der Waals surface area (Å²) in [4.78, 5) is 2.38. The van der Waals surface area contributed by atoms with Gasteiger partial charge in [-0.05, 0) is 18.3 Å². The fourth-order valence-corrected chi connectivity index (χ4v) is 2.61. The van der Waals surface area contributed by atoms with E-state index in [0.717, 1.165) is 31.5 Å². The zero-order valence-corrected chi connectivity index (χ0v) is 10.2. The molecule has 0 aromatic carbocycles. The molecule has 2 atom stereocenters. The van der Waals surface area contributed by atoms with Gasteiger partial charge in [0.25, 0.3) is 0 Å². The number of likely N-dealkylation sites (tertiary alicyclic amines) is 1. The topological polar surface area (TPSA) is 43.7 Å². The van der Waals surface area contributed by atoms with Crippen molar-refractivity contribution < 1.29 is 10.2 Å². The summed E-state index contributed by atoms with van der Waals surface area (Å²) in [5.74, 6) is 1.46. The monoisotopic (exact) mass is 215 g/mol. The van der Waals surface area contributed by atoms with Crippen LogP contribution >= 0.6 is 0 Å². The van der Waals surface area contributed by atoms with Crippen LogP contribution in [0.4, 0.5) is 0 Å². The van der Waals surface area contributed by atoms with E-state index in [4.69, 9.17) is 0 Å². The number of aliphatic hydroxyl groups is 2. The molecule has 1 aliphatic rings. The third kappa shape index (κ3) is 3.74. The number of hydrogen-bond donors (Lipinski definition) is 2. The van der Waals surface area contributed by atoms with E-state index in [1.54, 1.807) is 0 Å². The molecule has 1 rings (SSSR count). The highest BCUT2D eigenvalue weighted by molar-refractivity contribution is 4.82. The molecule has 0 radical (unpaired) electrons. The van der Waals surface area contributed by atoms with Gasteiger partial charge >= 0.3 is 0 Å². The van der Waals surface area contributed by atoms with Crippen molar-refractivity contribution in [2.45, 2.75) is 27.2 Å². The van der Waals surface area contributed by atoms with Gasteiger partial charge in [-0.2, -0.15) is 0 Å². The molecule has 0 spiro atoms. The Morgan fingerprint density at radius 1 is 1.13 bits per heavy atom. The lowest BCUT2D eigenvalue weighted by Crippen LogP contribution is -2.46. The van der Waals surface area contributed by atoms with E-state index in [9.17, 15) is 10.2 Å². The van der Waals surface area contributed by atoms with Gasteiger partial charge in [0.2, 0.25) is 0 Å². The highest BCUT2D eigenvalue weighted by atomic mass is 16.3. The molecule has 0 aromatic rings.